The standard InChI is InChI=1S/C30H37NO2/c1-19(32)27-11-12-28-24-10-7-21-17-29(33)26(18-25(21)23(24)13-14-30(27,28)2)20-5-8-22(9-6-20)31-15-3-4-16-31/h5-6,8-9,17,24,26-28H,3-4,7,10-16,18H2,1-2H3/t24-,26?,27-,28+,30-/m1/s1. The molecule has 1 saturated heterocycles. The molecule has 3 heteroatoms. The van der Waals surface area contributed by atoms with Gasteiger partial charge in [-0.05, 0) is 117 Å². The lowest BCUT2D eigenvalue weighted by Crippen LogP contribution is -2.42. The van der Waals surface area contributed by atoms with E-state index in [1.165, 1.54) is 41.7 Å². The van der Waals surface area contributed by atoms with E-state index < -0.39 is 0 Å². The molecule has 174 valence electrons. The van der Waals surface area contributed by atoms with Gasteiger partial charge in [0.25, 0.3) is 0 Å². The quantitative estimate of drug-likeness (QED) is 0.543. The summed E-state index contributed by atoms with van der Waals surface area (Å²) < 4.78 is 0. The summed E-state index contributed by atoms with van der Waals surface area (Å²) in [6.07, 6.45) is 12.1. The predicted octanol–water partition coefficient (Wildman–Crippen LogP) is 6.39. The molecule has 0 spiro atoms. The predicted molar refractivity (Wildman–Crippen MR) is 132 cm³/mol. The van der Waals surface area contributed by atoms with Crippen molar-refractivity contribution in [1.82, 2.24) is 0 Å². The minimum absolute atomic E-state index is 0.0375. The number of carbonyl (C=O) groups is 2. The van der Waals surface area contributed by atoms with Crippen LogP contribution in [-0.4, -0.2) is 24.7 Å². The second kappa shape index (κ2) is 7.96. The first-order valence-electron chi connectivity index (χ1n) is 13.3. The second-order valence-corrected chi connectivity index (χ2v) is 11.6. The zero-order valence-electron chi connectivity index (χ0n) is 20.2. The first-order valence-corrected chi connectivity index (χ1v) is 13.3. The molecule has 5 atom stereocenters. The summed E-state index contributed by atoms with van der Waals surface area (Å²) >= 11 is 0. The Morgan fingerprint density at radius 1 is 1.03 bits per heavy atom. The summed E-state index contributed by atoms with van der Waals surface area (Å²) in [5.74, 6) is 2.16. The van der Waals surface area contributed by atoms with Gasteiger partial charge in [-0.25, -0.2) is 0 Å². The van der Waals surface area contributed by atoms with Crippen molar-refractivity contribution in [3.05, 3.63) is 52.6 Å². The van der Waals surface area contributed by atoms with Crippen molar-refractivity contribution < 1.29 is 9.59 Å². The Morgan fingerprint density at radius 2 is 1.79 bits per heavy atom. The van der Waals surface area contributed by atoms with Gasteiger partial charge < -0.3 is 4.90 Å². The van der Waals surface area contributed by atoms with E-state index in [0.717, 1.165) is 51.6 Å². The number of fused-ring (bicyclic) bond motifs is 4. The van der Waals surface area contributed by atoms with Gasteiger partial charge in [0.2, 0.25) is 0 Å². The SMILES string of the molecule is CC(=O)[C@H]1CC[C@H]2[C@@H]3CCC4=CC(=O)C(c5ccc(N6CCCC6)cc5)CC4=C3CC[C@]12C. The first kappa shape index (κ1) is 21.4. The van der Waals surface area contributed by atoms with Gasteiger partial charge in [0.05, 0.1) is 5.92 Å². The number of anilines is 1. The Balaban J connectivity index is 1.29. The molecule has 2 saturated carbocycles. The number of ketones is 2. The van der Waals surface area contributed by atoms with Gasteiger partial charge in [-0.1, -0.05) is 24.6 Å². The van der Waals surface area contributed by atoms with E-state index in [-0.39, 0.29) is 17.3 Å². The highest BCUT2D eigenvalue weighted by Crippen LogP contribution is 2.62. The van der Waals surface area contributed by atoms with E-state index in [2.05, 4.69) is 36.1 Å². The van der Waals surface area contributed by atoms with Crippen molar-refractivity contribution in [2.45, 2.75) is 77.6 Å². The molecule has 0 radical (unpaired) electrons. The van der Waals surface area contributed by atoms with Crippen molar-refractivity contribution in [3.8, 4) is 0 Å². The average Bonchev–Trinajstić information content (AvgIpc) is 3.46. The molecule has 0 amide bonds. The van der Waals surface area contributed by atoms with Gasteiger partial charge in [0.1, 0.15) is 5.78 Å². The third kappa shape index (κ3) is 3.37. The molecule has 3 fully saturated rings. The summed E-state index contributed by atoms with van der Waals surface area (Å²) in [5.41, 5.74) is 7.12. The second-order valence-electron chi connectivity index (χ2n) is 11.6. The van der Waals surface area contributed by atoms with Crippen LogP contribution < -0.4 is 4.90 Å². The molecule has 5 aliphatic rings. The number of rotatable bonds is 3. The molecule has 1 aliphatic heterocycles. The van der Waals surface area contributed by atoms with Crippen LogP contribution in [0.15, 0.2) is 47.1 Å². The Labute approximate surface area is 198 Å². The molecule has 0 bridgehead atoms. The topological polar surface area (TPSA) is 37.4 Å². The molecular formula is C30H37NO2. The zero-order chi connectivity index (χ0) is 22.7. The number of hydrogen-bond donors (Lipinski definition) is 0. The molecule has 0 aromatic heterocycles. The summed E-state index contributed by atoms with van der Waals surface area (Å²) in [6.45, 7) is 6.50. The Morgan fingerprint density at radius 3 is 2.52 bits per heavy atom. The van der Waals surface area contributed by atoms with Crippen molar-refractivity contribution >= 4 is 17.3 Å². The molecule has 1 aromatic carbocycles. The third-order valence-electron chi connectivity index (χ3n) is 10.1. The molecule has 4 aliphatic carbocycles. The lowest BCUT2D eigenvalue weighted by molar-refractivity contribution is -0.125. The molecule has 1 unspecified atom stereocenters. The van der Waals surface area contributed by atoms with Crippen molar-refractivity contribution in [3.63, 3.8) is 0 Å². The van der Waals surface area contributed by atoms with Gasteiger partial charge in [-0.15, -0.1) is 0 Å². The molecule has 33 heavy (non-hydrogen) atoms. The van der Waals surface area contributed by atoms with E-state index in [1.54, 1.807) is 12.5 Å². The smallest absolute Gasteiger partial charge is 0.163 e. The van der Waals surface area contributed by atoms with Crippen LogP contribution in [0.3, 0.4) is 0 Å². The minimum atomic E-state index is -0.0375. The minimum Gasteiger partial charge on any atom is -0.372 e. The van der Waals surface area contributed by atoms with Crippen LogP contribution in [0, 0.1) is 23.2 Å². The maximum absolute atomic E-state index is 13.2. The maximum atomic E-state index is 13.2. The van der Waals surface area contributed by atoms with Crippen LogP contribution in [0.4, 0.5) is 5.69 Å². The first-order chi connectivity index (χ1) is 16.0. The van der Waals surface area contributed by atoms with E-state index in [4.69, 9.17) is 0 Å². The van der Waals surface area contributed by atoms with Crippen molar-refractivity contribution in [1.29, 1.82) is 0 Å². The Kier molecular flexibility index (Phi) is 5.16. The number of benzene rings is 1. The van der Waals surface area contributed by atoms with Crippen LogP contribution in [0.5, 0.6) is 0 Å². The van der Waals surface area contributed by atoms with Crippen LogP contribution in [0.2, 0.25) is 0 Å². The number of allylic oxidation sites excluding steroid dienone is 4. The molecule has 1 aromatic rings. The van der Waals surface area contributed by atoms with Crippen molar-refractivity contribution in [2.24, 2.45) is 23.2 Å². The van der Waals surface area contributed by atoms with Crippen LogP contribution in [0.1, 0.15) is 83.1 Å². The lowest BCUT2D eigenvalue weighted by Gasteiger charge is -2.49. The number of carbonyl (C=O) groups excluding carboxylic acids is 2. The molecule has 6 rings (SSSR count). The Hall–Kier alpha value is -2.16. The van der Waals surface area contributed by atoms with Crippen LogP contribution in [0.25, 0.3) is 0 Å². The fourth-order valence-corrected chi connectivity index (χ4v) is 8.38. The maximum Gasteiger partial charge on any atom is 0.163 e. The van der Waals surface area contributed by atoms with Gasteiger partial charge in [-0.3, -0.25) is 9.59 Å². The molecule has 3 nitrogen and oxygen atoms in total. The Bertz CT molecular complexity index is 1040. The summed E-state index contributed by atoms with van der Waals surface area (Å²) in [7, 11) is 0. The number of hydrogen-bond acceptors (Lipinski definition) is 3. The van der Waals surface area contributed by atoms with Crippen molar-refractivity contribution in [2.75, 3.05) is 18.0 Å². The van der Waals surface area contributed by atoms with Gasteiger partial charge >= 0.3 is 0 Å². The highest BCUT2D eigenvalue weighted by atomic mass is 16.1. The van der Waals surface area contributed by atoms with E-state index in [1.807, 2.05) is 6.08 Å². The summed E-state index contributed by atoms with van der Waals surface area (Å²) in [6, 6.07) is 8.85. The number of Topliss-reactive ketones (excluding diaryl/α,β-unsaturated/α-hetero) is 1. The average molecular weight is 444 g/mol. The van der Waals surface area contributed by atoms with E-state index >= 15 is 0 Å². The van der Waals surface area contributed by atoms with E-state index in [0.29, 0.717) is 23.4 Å². The van der Waals surface area contributed by atoms with Gasteiger partial charge in [-0.2, -0.15) is 0 Å². The molecule has 0 N–H and O–H groups in total. The molecular weight excluding hydrogens is 406 g/mol. The molecule has 1 heterocycles. The highest BCUT2D eigenvalue weighted by Gasteiger charge is 2.54. The number of nitrogens with zero attached hydrogens (tertiary/aromatic N) is 1. The summed E-state index contributed by atoms with van der Waals surface area (Å²) in [5, 5.41) is 0. The van der Waals surface area contributed by atoms with E-state index in [9.17, 15) is 9.59 Å². The largest absolute Gasteiger partial charge is 0.372 e. The monoisotopic (exact) mass is 443 g/mol. The highest BCUT2D eigenvalue weighted by molar-refractivity contribution is 5.98. The fourth-order valence-electron chi connectivity index (χ4n) is 8.38. The zero-order valence-corrected chi connectivity index (χ0v) is 20.2. The third-order valence-corrected chi connectivity index (χ3v) is 10.1. The van der Waals surface area contributed by atoms with Crippen LogP contribution in [-0.2, 0) is 9.59 Å². The van der Waals surface area contributed by atoms with Gasteiger partial charge in [0, 0.05) is 24.7 Å². The van der Waals surface area contributed by atoms with Gasteiger partial charge in [0.15, 0.2) is 5.78 Å². The lowest BCUT2D eigenvalue weighted by atomic mass is 9.55. The van der Waals surface area contributed by atoms with Crippen LogP contribution >= 0.6 is 0 Å². The fraction of sp³-hybridized carbons (Fsp3) is 0.600. The normalized spacial score (nSPS) is 35.8. The summed E-state index contributed by atoms with van der Waals surface area (Å²) in [4.78, 5) is 28.0.